The van der Waals surface area contributed by atoms with Crippen molar-refractivity contribution < 1.29 is 149 Å². The lowest BCUT2D eigenvalue weighted by molar-refractivity contribution is -0.393. The zero-order chi connectivity index (χ0) is 53.9. The first-order valence-corrected chi connectivity index (χ1v) is 23.4. The molecule has 32 nitrogen and oxygen atoms in total. The first-order valence-electron chi connectivity index (χ1n) is 23.4. The van der Waals surface area contributed by atoms with Crippen molar-refractivity contribution in [3.8, 4) is 0 Å². The molecule has 73 heavy (non-hydrogen) atoms. The third-order valence-electron chi connectivity index (χ3n) is 13.6. The van der Waals surface area contributed by atoms with Gasteiger partial charge in [-0.15, -0.1) is 0 Å². The predicted molar refractivity (Wildman–Crippen MR) is 226 cm³/mol. The van der Waals surface area contributed by atoms with Crippen LogP contribution in [0.25, 0.3) is 0 Å². The van der Waals surface area contributed by atoms with Gasteiger partial charge in [-0.25, -0.2) is 0 Å². The van der Waals surface area contributed by atoms with Crippen molar-refractivity contribution in [2.24, 2.45) is 5.92 Å². The van der Waals surface area contributed by atoms with Crippen LogP contribution in [0.2, 0.25) is 0 Å². The molecule has 0 spiro atoms. The molecule has 0 bridgehead atoms. The highest BCUT2D eigenvalue weighted by molar-refractivity contribution is 5.73. The Morgan fingerprint density at radius 1 is 0.356 bits per heavy atom. The molecule has 30 atom stereocenters. The molecule has 32 heteroatoms. The molecule has 6 aliphatic rings. The van der Waals surface area contributed by atoms with Gasteiger partial charge in [-0.1, -0.05) is 6.92 Å². The monoisotopic (exact) mass is 1070 g/mol. The van der Waals surface area contributed by atoms with Gasteiger partial charge in [-0.2, -0.15) is 0 Å². The highest BCUT2D eigenvalue weighted by Crippen LogP contribution is 2.39. The molecule has 6 fully saturated rings. The van der Waals surface area contributed by atoms with Gasteiger partial charge in [0.1, 0.15) is 134 Å². The van der Waals surface area contributed by atoms with Gasteiger partial charge in [0.15, 0.2) is 37.7 Å². The summed E-state index contributed by atoms with van der Waals surface area (Å²) in [4.78, 5) is 25.2. The van der Waals surface area contributed by atoms with Gasteiger partial charge in [0, 0.05) is 19.8 Å². The second-order valence-corrected chi connectivity index (χ2v) is 18.6. The molecule has 6 heterocycles. The van der Waals surface area contributed by atoms with E-state index in [0.29, 0.717) is 0 Å². The van der Waals surface area contributed by atoms with Gasteiger partial charge in [-0.3, -0.25) is 9.59 Å². The minimum atomic E-state index is -2.05. The third-order valence-corrected chi connectivity index (χ3v) is 13.6. The molecular formula is C41H70N2O30. The van der Waals surface area contributed by atoms with Gasteiger partial charge in [0.2, 0.25) is 11.8 Å². The average Bonchev–Trinajstić information content (AvgIpc) is 3.36. The summed E-state index contributed by atoms with van der Waals surface area (Å²) in [5, 5.41) is 185. The summed E-state index contributed by atoms with van der Waals surface area (Å²) >= 11 is 0. The van der Waals surface area contributed by atoms with Crippen molar-refractivity contribution in [1.82, 2.24) is 10.6 Å². The van der Waals surface area contributed by atoms with Crippen LogP contribution in [0.15, 0.2) is 0 Å². The first-order chi connectivity index (χ1) is 34.5. The topological polar surface area (TPSA) is 504 Å². The van der Waals surface area contributed by atoms with E-state index in [9.17, 15) is 96.4 Å². The summed E-state index contributed by atoms with van der Waals surface area (Å²) in [5.41, 5.74) is 0. The van der Waals surface area contributed by atoms with Gasteiger partial charge >= 0.3 is 0 Å². The number of carbonyl (C=O) groups excluding carboxylic acids is 2. The molecule has 6 rings (SSSR count). The second-order valence-electron chi connectivity index (χ2n) is 18.6. The predicted octanol–water partition coefficient (Wildman–Crippen LogP) is -12.5. The molecule has 424 valence electrons. The van der Waals surface area contributed by atoms with Crippen LogP contribution in [-0.4, -0.2) is 316 Å². The van der Waals surface area contributed by atoms with E-state index >= 15 is 0 Å². The number of rotatable bonds is 18. The normalized spacial score (nSPS) is 49.8. The van der Waals surface area contributed by atoms with E-state index < -0.39 is 235 Å². The van der Waals surface area contributed by atoms with Crippen LogP contribution < -0.4 is 10.6 Å². The Morgan fingerprint density at radius 2 is 0.671 bits per heavy atom. The molecule has 19 N–H and O–H groups in total. The maximum absolute atomic E-state index is 12.8. The smallest absolute Gasteiger partial charge is 0.217 e. The fourth-order valence-electron chi connectivity index (χ4n) is 9.54. The van der Waals surface area contributed by atoms with E-state index in [2.05, 4.69) is 10.6 Å². The Hall–Kier alpha value is -2.18. The van der Waals surface area contributed by atoms with Gasteiger partial charge < -0.3 is 150 Å². The third kappa shape index (κ3) is 12.9. The largest absolute Gasteiger partial charge is 0.394 e. The maximum Gasteiger partial charge on any atom is 0.217 e. The van der Waals surface area contributed by atoms with Crippen LogP contribution >= 0.6 is 0 Å². The Balaban J connectivity index is 1.31. The van der Waals surface area contributed by atoms with Crippen molar-refractivity contribution in [2.45, 2.75) is 199 Å². The Morgan fingerprint density at radius 3 is 1.10 bits per heavy atom. The number of ether oxygens (including phenoxy) is 11. The lowest BCUT2D eigenvalue weighted by Gasteiger charge is -2.52. The van der Waals surface area contributed by atoms with Crippen LogP contribution in [-0.2, 0) is 61.7 Å². The van der Waals surface area contributed by atoms with Crippen molar-refractivity contribution >= 4 is 11.8 Å². The van der Waals surface area contributed by atoms with Gasteiger partial charge in [0.05, 0.1) is 45.7 Å². The SMILES string of the molecule is CC(=O)NC1[C@H](O[C@@H]2C(CO)O[C@@H](O)C(NC(C)=O)[C@H]2O[C@H]2O[C@@H](CO)[C@H](O)C(O)C2O)OC(CO)[C@@H](O[C@H]2OC(CO)[C@@H](O[C@@H]3OC(CO)[C@H](O)[C@H](O)C3O)[C@H](O[C@H]3O[C@@H](CO)[C@H](O)C(O)C3O)C2C)[C@@H]1O. The summed E-state index contributed by atoms with van der Waals surface area (Å²) in [5.74, 6) is -2.91. The van der Waals surface area contributed by atoms with E-state index in [1.54, 1.807) is 0 Å². The van der Waals surface area contributed by atoms with E-state index in [-0.39, 0.29) is 0 Å². The summed E-state index contributed by atoms with van der Waals surface area (Å²) in [6.45, 7) is -2.19. The fourth-order valence-corrected chi connectivity index (χ4v) is 9.54. The van der Waals surface area contributed by atoms with Gasteiger partial charge in [-0.05, 0) is 0 Å². The van der Waals surface area contributed by atoms with Crippen molar-refractivity contribution in [3.63, 3.8) is 0 Å². The van der Waals surface area contributed by atoms with E-state index in [1.165, 1.54) is 6.92 Å². The van der Waals surface area contributed by atoms with E-state index in [4.69, 9.17) is 52.1 Å². The minimum absolute atomic E-state index is 0.785. The maximum atomic E-state index is 12.8. The molecule has 0 aromatic heterocycles. The summed E-state index contributed by atoms with van der Waals surface area (Å²) in [6, 6.07) is -3.41. The van der Waals surface area contributed by atoms with E-state index in [0.717, 1.165) is 13.8 Å². The van der Waals surface area contributed by atoms with Crippen molar-refractivity contribution in [1.29, 1.82) is 0 Å². The number of hydrogen-bond acceptors (Lipinski definition) is 30. The van der Waals surface area contributed by atoms with Crippen LogP contribution in [0, 0.1) is 5.92 Å². The summed E-state index contributed by atoms with van der Waals surface area (Å²) < 4.78 is 65.0. The lowest BCUT2D eigenvalue weighted by Crippen LogP contribution is -2.71. The highest BCUT2D eigenvalue weighted by atomic mass is 16.8. The molecule has 12 unspecified atom stereocenters. The Kier molecular flexibility index (Phi) is 21.4. The Labute approximate surface area is 414 Å². The quantitative estimate of drug-likeness (QED) is 0.0606. The summed E-state index contributed by atoms with van der Waals surface area (Å²) in [7, 11) is 0. The highest BCUT2D eigenvalue weighted by Gasteiger charge is 2.58. The molecular weight excluding hydrogens is 1000 g/mol. The zero-order valence-electron chi connectivity index (χ0n) is 39.5. The number of nitrogens with one attached hydrogen (secondary N) is 2. The molecule has 0 aromatic rings. The summed E-state index contributed by atoms with van der Waals surface area (Å²) in [6.07, 6.45) is -49.1. The van der Waals surface area contributed by atoms with E-state index in [1.807, 2.05) is 0 Å². The van der Waals surface area contributed by atoms with Crippen LogP contribution in [0.3, 0.4) is 0 Å². The minimum Gasteiger partial charge on any atom is -0.394 e. The molecule has 6 aliphatic heterocycles. The number of hydrogen-bond donors (Lipinski definition) is 19. The number of aliphatic hydroxyl groups is 17. The molecule has 0 saturated carbocycles. The number of carbonyl (C=O) groups is 2. The van der Waals surface area contributed by atoms with Crippen LogP contribution in [0.5, 0.6) is 0 Å². The lowest BCUT2D eigenvalue weighted by atomic mass is 9.90. The zero-order valence-corrected chi connectivity index (χ0v) is 39.5. The first kappa shape index (κ1) is 60.1. The van der Waals surface area contributed by atoms with Crippen molar-refractivity contribution in [3.05, 3.63) is 0 Å². The Bertz CT molecular complexity index is 1740. The average molecular weight is 1070 g/mol. The van der Waals surface area contributed by atoms with Gasteiger partial charge in [0.25, 0.3) is 0 Å². The molecule has 0 aromatic carbocycles. The molecule has 0 radical (unpaired) electrons. The molecule has 2 amide bonds. The van der Waals surface area contributed by atoms with Crippen LogP contribution in [0.4, 0.5) is 0 Å². The number of amides is 2. The molecule has 0 aliphatic carbocycles. The molecule has 6 saturated heterocycles. The van der Waals surface area contributed by atoms with Crippen molar-refractivity contribution in [2.75, 3.05) is 39.6 Å². The fraction of sp³-hybridized carbons (Fsp3) is 0.951. The standard InChI is InChI=1S/C41H70N2O30/c1-10-31(69-39-28(59)25(56)21(52)13(4-44)64-39)33(72-40-29(60)26(57)22(53)14(5-45)65-40)18(9-49)67-37(10)70-32-16(7-47)68-38(19(24(32)55)42-11(2)50)71-34-17(8-48)63-36(62)20(43-12(3)51)35(34)73-41-30(61)27(58)23(54)15(6-46)66-41/h10,13-41,44-49,52-62H,4-9H2,1-3H3,(H,42,50)(H,43,51)/t10?,13-,14?,15-,16?,17?,18?,19?,20?,21-,22-,23-,24+,25?,26-,27?,28?,29?,30?,31+,32+,33+,34+,35+,36+,37+,38-,39+,40-,41+/m0/s1. The van der Waals surface area contributed by atoms with Crippen LogP contribution in [0.1, 0.15) is 20.8 Å². The number of aliphatic hydroxyl groups excluding tert-OH is 17. The second kappa shape index (κ2) is 26.0.